The van der Waals surface area contributed by atoms with E-state index in [1.54, 1.807) is 25.5 Å². The molecule has 21 heavy (non-hydrogen) atoms. The van der Waals surface area contributed by atoms with E-state index in [9.17, 15) is 9.59 Å². The summed E-state index contributed by atoms with van der Waals surface area (Å²) >= 11 is 0. The Morgan fingerprint density at radius 2 is 1.81 bits per heavy atom. The summed E-state index contributed by atoms with van der Waals surface area (Å²) in [6, 6.07) is 0. The number of rotatable bonds is 1. The topological polar surface area (TPSA) is 81.8 Å². The predicted molar refractivity (Wildman–Crippen MR) is 80.6 cm³/mol. The smallest absolute Gasteiger partial charge is 0.273 e. The van der Waals surface area contributed by atoms with E-state index in [1.165, 1.54) is 12.5 Å². The van der Waals surface area contributed by atoms with Gasteiger partial charge in [-0.05, 0) is 20.8 Å². The Morgan fingerprint density at radius 3 is 2.33 bits per heavy atom. The van der Waals surface area contributed by atoms with Gasteiger partial charge in [-0.15, -0.1) is 0 Å². The number of hydrogen-bond acceptors (Lipinski definition) is 4. The van der Waals surface area contributed by atoms with E-state index in [0.717, 1.165) is 4.68 Å². The summed E-state index contributed by atoms with van der Waals surface area (Å²) in [6.07, 6.45) is 2.80. The fourth-order valence-corrected chi connectivity index (χ4v) is 1.76. The van der Waals surface area contributed by atoms with Crippen molar-refractivity contribution in [3.8, 4) is 0 Å². The molecule has 2 rings (SSSR count). The van der Waals surface area contributed by atoms with Crippen molar-refractivity contribution in [1.29, 1.82) is 0 Å². The molecular weight excluding hydrogens is 270 g/mol. The maximum atomic E-state index is 12.4. The van der Waals surface area contributed by atoms with Crippen molar-refractivity contribution in [2.45, 2.75) is 47.1 Å². The Hall–Kier alpha value is -2.18. The molecule has 114 valence electrons. The van der Waals surface area contributed by atoms with E-state index in [4.69, 9.17) is 0 Å². The van der Waals surface area contributed by atoms with Crippen LogP contribution in [0.4, 0.5) is 0 Å². The lowest BCUT2D eigenvalue weighted by atomic mass is 9.96. The minimum absolute atomic E-state index is 0.256. The molecule has 0 radical (unpaired) electrons. The molecule has 0 aliphatic heterocycles. The lowest BCUT2D eigenvalue weighted by Gasteiger charge is -2.20. The highest BCUT2D eigenvalue weighted by molar-refractivity contribution is 5.88. The van der Waals surface area contributed by atoms with Crippen LogP contribution < -0.4 is 11.0 Å². The molecule has 0 saturated carbocycles. The van der Waals surface area contributed by atoms with Gasteiger partial charge in [0.1, 0.15) is 11.7 Å². The molecule has 0 bridgehead atoms. The number of amides is 1. The third kappa shape index (κ3) is 2.81. The average molecular weight is 291 g/mol. The second kappa shape index (κ2) is 4.68. The van der Waals surface area contributed by atoms with Gasteiger partial charge in [-0.2, -0.15) is 5.10 Å². The largest absolute Gasteiger partial charge is 0.283 e. The number of nitrogens with one attached hydrogen (secondary N) is 1. The monoisotopic (exact) mass is 291 g/mol. The van der Waals surface area contributed by atoms with Crippen molar-refractivity contribution in [2.24, 2.45) is 5.41 Å². The molecule has 7 heteroatoms. The third-order valence-corrected chi connectivity index (χ3v) is 3.03. The minimum atomic E-state index is -0.593. The summed E-state index contributed by atoms with van der Waals surface area (Å²) in [4.78, 5) is 28.6. The van der Waals surface area contributed by atoms with Gasteiger partial charge >= 0.3 is 0 Å². The van der Waals surface area contributed by atoms with Crippen molar-refractivity contribution in [1.82, 2.24) is 19.4 Å². The van der Waals surface area contributed by atoms with Gasteiger partial charge in [0.15, 0.2) is 5.65 Å². The highest BCUT2D eigenvalue weighted by Gasteiger charge is 2.23. The molecule has 1 N–H and O–H groups in total. The summed E-state index contributed by atoms with van der Waals surface area (Å²) < 4.78 is 2.80. The van der Waals surface area contributed by atoms with E-state index >= 15 is 0 Å². The minimum Gasteiger partial charge on any atom is -0.273 e. The van der Waals surface area contributed by atoms with E-state index in [-0.39, 0.29) is 17.0 Å². The molecule has 0 aromatic carbocycles. The molecule has 2 aromatic rings. The van der Waals surface area contributed by atoms with Crippen molar-refractivity contribution < 1.29 is 4.79 Å². The van der Waals surface area contributed by atoms with Gasteiger partial charge in [-0.3, -0.25) is 15.0 Å². The first kappa shape index (κ1) is 15.2. The van der Waals surface area contributed by atoms with Crippen LogP contribution in [0.5, 0.6) is 0 Å². The second-order valence-corrected chi connectivity index (χ2v) is 7.08. The van der Waals surface area contributed by atoms with Crippen LogP contribution in [0, 0.1) is 5.41 Å². The van der Waals surface area contributed by atoms with Crippen molar-refractivity contribution in [3.05, 3.63) is 22.9 Å². The Labute approximate surface area is 122 Å². The summed E-state index contributed by atoms with van der Waals surface area (Å²) in [5, 5.41) is 4.60. The molecule has 0 aliphatic carbocycles. The highest BCUT2D eigenvalue weighted by Crippen LogP contribution is 2.17. The van der Waals surface area contributed by atoms with E-state index in [0.29, 0.717) is 11.0 Å². The van der Waals surface area contributed by atoms with Crippen LogP contribution in [0.2, 0.25) is 0 Å². The molecule has 0 fully saturated rings. The zero-order chi connectivity index (χ0) is 16.0. The van der Waals surface area contributed by atoms with Gasteiger partial charge in [0.05, 0.1) is 11.7 Å². The Balaban J connectivity index is 2.50. The lowest BCUT2D eigenvalue weighted by Crippen LogP contribution is -2.39. The molecule has 0 unspecified atom stereocenters. The highest BCUT2D eigenvalue weighted by atomic mass is 16.2. The molecule has 1 amide bonds. The Morgan fingerprint density at radius 1 is 1.19 bits per heavy atom. The van der Waals surface area contributed by atoms with E-state index in [1.807, 2.05) is 20.8 Å². The van der Waals surface area contributed by atoms with Gasteiger partial charge in [-0.1, -0.05) is 20.8 Å². The van der Waals surface area contributed by atoms with Gasteiger partial charge in [-0.25, -0.2) is 14.3 Å². The van der Waals surface area contributed by atoms with Crippen LogP contribution >= 0.6 is 0 Å². The summed E-state index contributed by atoms with van der Waals surface area (Å²) in [5.41, 5.74) is 1.86. The Kier molecular flexibility index (Phi) is 3.39. The molecular formula is C14H21N5O2. The third-order valence-electron chi connectivity index (χ3n) is 3.03. The fraction of sp³-hybridized carbons (Fsp3) is 0.571. The number of nitrogens with zero attached hydrogens (tertiary/aromatic N) is 4. The predicted octanol–water partition coefficient (Wildman–Crippen LogP) is 1.46. The van der Waals surface area contributed by atoms with Crippen molar-refractivity contribution in [3.63, 3.8) is 0 Å². The summed E-state index contributed by atoms with van der Waals surface area (Å²) in [7, 11) is 0. The van der Waals surface area contributed by atoms with Gasteiger partial charge < -0.3 is 0 Å². The number of aromatic nitrogens is 4. The molecule has 0 aliphatic rings. The summed E-state index contributed by atoms with van der Waals surface area (Å²) in [5.74, 6) is -0.256. The van der Waals surface area contributed by atoms with Gasteiger partial charge in [0.25, 0.3) is 5.56 Å². The second-order valence-electron chi connectivity index (χ2n) is 7.08. The Bertz CT molecular complexity index is 743. The van der Waals surface area contributed by atoms with Crippen molar-refractivity contribution in [2.75, 3.05) is 5.43 Å². The molecule has 7 nitrogen and oxygen atoms in total. The SMILES string of the molecule is CC(C)(C)C(=O)Nn1cnc2c(cnn2C(C)(C)C)c1=O. The zero-order valence-corrected chi connectivity index (χ0v) is 13.3. The number of carbonyl (C=O) groups is 1. The quantitative estimate of drug-likeness (QED) is 0.862. The standard InChI is InChI=1S/C14H21N5O2/c1-13(2,3)12(21)17-18-8-15-10-9(11(18)20)7-16-19(10)14(4,5)6/h7-8H,1-6H3,(H,17,21). The van der Waals surface area contributed by atoms with Crippen LogP contribution in [0.25, 0.3) is 11.0 Å². The first-order valence-electron chi connectivity index (χ1n) is 6.79. The number of carbonyl (C=O) groups excluding carboxylic acids is 1. The molecule has 0 saturated heterocycles. The number of fused-ring (bicyclic) bond motifs is 1. The van der Waals surface area contributed by atoms with Crippen LogP contribution in [-0.4, -0.2) is 25.3 Å². The van der Waals surface area contributed by atoms with Crippen LogP contribution in [0.1, 0.15) is 41.5 Å². The first-order chi connectivity index (χ1) is 9.51. The first-order valence-corrected chi connectivity index (χ1v) is 6.79. The van der Waals surface area contributed by atoms with Gasteiger partial charge in [0.2, 0.25) is 5.91 Å². The average Bonchev–Trinajstić information content (AvgIpc) is 2.75. The number of hydrogen-bond donors (Lipinski definition) is 1. The fourth-order valence-electron chi connectivity index (χ4n) is 1.76. The van der Waals surface area contributed by atoms with E-state index < -0.39 is 5.41 Å². The zero-order valence-electron chi connectivity index (χ0n) is 13.3. The molecule has 2 aromatic heterocycles. The molecule has 0 spiro atoms. The van der Waals surface area contributed by atoms with Crippen molar-refractivity contribution >= 4 is 16.9 Å². The molecule has 2 heterocycles. The maximum absolute atomic E-state index is 12.4. The maximum Gasteiger partial charge on any atom is 0.283 e. The van der Waals surface area contributed by atoms with E-state index in [2.05, 4.69) is 15.5 Å². The molecule has 0 atom stereocenters. The van der Waals surface area contributed by atoms with Crippen LogP contribution in [0.3, 0.4) is 0 Å². The normalized spacial score (nSPS) is 12.7. The van der Waals surface area contributed by atoms with Crippen LogP contribution in [0.15, 0.2) is 17.3 Å². The summed E-state index contributed by atoms with van der Waals surface area (Å²) in [6.45, 7) is 11.3. The lowest BCUT2D eigenvalue weighted by molar-refractivity contribution is -0.124. The van der Waals surface area contributed by atoms with Gasteiger partial charge in [0, 0.05) is 5.41 Å². The van der Waals surface area contributed by atoms with Crippen LogP contribution in [-0.2, 0) is 10.3 Å².